The van der Waals surface area contributed by atoms with Crippen molar-refractivity contribution in [3.8, 4) is 0 Å². The average molecular weight is 599 g/mol. The fraction of sp³-hybridized carbons (Fsp3) is 0.600. The number of aryl methyl sites for hydroxylation is 2. The lowest BCUT2D eigenvalue weighted by Gasteiger charge is -2.36. The van der Waals surface area contributed by atoms with Gasteiger partial charge in [-0.3, -0.25) is 0 Å². The molecule has 194 valence electrons. The summed E-state index contributed by atoms with van der Waals surface area (Å²) in [7, 11) is 0. The van der Waals surface area contributed by atoms with Gasteiger partial charge in [0.25, 0.3) is 0 Å². The molecule has 2 nitrogen and oxygen atoms in total. The van der Waals surface area contributed by atoms with Crippen molar-refractivity contribution in [1.29, 1.82) is 0 Å². The zero-order valence-electron chi connectivity index (χ0n) is 22.8. The van der Waals surface area contributed by atoms with E-state index in [2.05, 4.69) is 90.1 Å². The molecule has 2 aromatic rings. The van der Waals surface area contributed by atoms with Crippen molar-refractivity contribution < 1.29 is 42.9 Å². The summed E-state index contributed by atoms with van der Waals surface area (Å²) in [6.45, 7) is 23.5. The number of quaternary nitrogens is 2. The van der Waals surface area contributed by atoms with Crippen LogP contribution < -0.4 is 34.0 Å². The van der Waals surface area contributed by atoms with E-state index in [0.29, 0.717) is 0 Å². The molecule has 0 spiro atoms. The van der Waals surface area contributed by atoms with Gasteiger partial charge in [-0.05, 0) is 78.4 Å². The van der Waals surface area contributed by atoms with Gasteiger partial charge in [-0.15, -0.1) is 0 Å². The molecular weight excluding hydrogens is 548 g/mol. The number of hydrogen-bond donors (Lipinski definition) is 0. The minimum Gasteiger partial charge on any atom is -1.00 e. The van der Waals surface area contributed by atoms with Crippen molar-refractivity contribution in [2.75, 3.05) is 39.3 Å². The first-order chi connectivity index (χ1) is 15.5. The molecule has 2 rings (SSSR count). The van der Waals surface area contributed by atoms with Crippen molar-refractivity contribution in [1.82, 2.24) is 0 Å². The Morgan fingerprint density at radius 2 is 0.647 bits per heavy atom. The molecule has 0 unspecified atom stereocenters. The fourth-order valence-electron chi connectivity index (χ4n) is 5.07. The predicted octanol–water partition coefficient (Wildman–Crippen LogP) is 1.01. The summed E-state index contributed by atoms with van der Waals surface area (Å²) in [5.74, 6) is 0. The van der Waals surface area contributed by atoms with Gasteiger partial charge in [-0.1, -0.05) is 48.5 Å². The molecule has 0 aliphatic heterocycles. The van der Waals surface area contributed by atoms with Crippen LogP contribution in [0, 0.1) is 0 Å². The molecule has 0 fully saturated rings. The van der Waals surface area contributed by atoms with E-state index < -0.39 is 0 Å². The molecule has 0 aromatic heterocycles. The molecule has 0 saturated heterocycles. The van der Waals surface area contributed by atoms with Crippen molar-refractivity contribution in [3.05, 3.63) is 70.8 Å². The average Bonchev–Trinajstić information content (AvgIpc) is 2.85. The normalized spacial score (nSPS) is 11.6. The third-order valence-electron chi connectivity index (χ3n) is 8.29. The molecule has 4 heteroatoms. The third-order valence-corrected chi connectivity index (χ3v) is 8.29. The first-order valence-electron chi connectivity index (χ1n) is 13.3. The van der Waals surface area contributed by atoms with Crippen molar-refractivity contribution >= 4 is 0 Å². The number of halogens is 2. The van der Waals surface area contributed by atoms with Gasteiger partial charge >= 0.3 is 0 Å². The van der Waals surface area contributed by atoms with E-state index in [1.54, 1.807) is 0 Å². The molecule has 34 heavy (non-hydrogen) atoms. The van der Waals surface area contributed by atoms with E-state index in [1.165, 1.54) is 96.2 Å². The molecule has 0 bridgehead atoms. The monoisotopic (exact) mass is 596 g/mol. The Hall–Kier alpha value is -0.680. The molecule has 2 aromatic carbocycles. The molecule has 0 heterocycles. The van der Waals surface area contributed by atoms with Crippen LogP contribution in [0.25, 0.3) is 0 Å². The third kappa shape index (κ3) is 9.76. The van der Waals surface area contributed by atoms with Gasteiger partial charge in [0.1, 0.15) is 13.1 Å². The Morgan fingerprint density at radius 3 is 0.882 bits per heavy atom. The van der Waals surface area contributed by atoms with E-state index in [4.69, 9.17) is 0 Å². The summed E-state index contributed by atoms with van der Waals surface area (Å²) in [5.41, 5.74) is 5.94. The maximum Gasteiger partial charge on any atom is 0.104 e. The van der Waals surface area contributed by atoms with Crippen LogP contribution in [0.3, 0.4) is 0 Å². The topological polar surface area (TPSA) is 0 Å². The fourth-order valence-corrected chi connectivity index (χ4v) is 5.07. The van der Waals surface area contributed by atoms with Crippen LogP contribution >= 0.6 is 0 Å². The largest absolute Gasteiger partial charge is 1.00 e. The van der Waals surface area contributed by atoms with Gasteiger partial charge in [0, 0.05) is 11.1 Å². The predicted molar refractivity (Wildman–Crippen MR) is 141 cm³/mol. The van der Waals surface area contributed by atoms with Crippen molar-refractivity contribution in [2.24, 2.45) is 0 Å². The minimum atomic E-state index is 0. The molecular formula is C30H50Br2N2. The van der Waals surface area contributed by atoms with Crippen LogP contribution in [0.1, 0.15) is 76.6 Å². The van der Waals surface area contributed by atoms with Crippen LogP contribution in [-0.4, -0.2) is 48.2 Å². The zero-order chi connectivity index (χ0) is 23.5. The van der Waals surface area contributed by atoms with Crippen LogP contribution in [0.15, 0.2) is 48.5 Å². The van der Waals surface area contributed by atoms with Gasteiger partial charge in [-0.25, -0.2) is 0 Å². The van der Waals surface area contributed by atoms with Crippen LogP contribution in [-0.2, 0) is 25.9 Å². The molecule has 0 aliphatic carbocycles. The standard InChI is InChI=1S/C30H50N2.2BrH/c1-7-31(8-2,9-3)25-29-21-17-27(18-22-29)15-13-14-16-28-19-23-30(24-20-28)26-32(10-4,11-5)12-6;;/h17-24H,7-16,25-26H2,1-6H3;2*1H/q+2;;/p-2. The molecule has 0 N–H and O–H groups in total. The van der Waals surface area contributed by atoms with Gasteiger partial charge in [-0.2, -0.15) is 0 Å². The lowest BCUT2D eigenvalue weighted by molar-refractivity contribution is -0.936. The Balaban J connectivity index is 0.00000544. The van der Waals surface area contributed by atoms with Crippen molar-refractivity contribution in [2.45, 2.75) is 80.3 Å². The quantitative estimate of drug-likeness (QED) is 0.212. The SMILES string of the molecule is CC[N+](CC)(CC)Cc1ccc(CCCCc2ccc(C[N+](CC)(CC)CC)cc2)cc1.[Br-].[Br-]. The highest BCUT2D eigenvalue weighted by molar-refractivity contribution is 5.23. The maximum atomic E-state index is 2.36. The van der Waals surface area contributed by atoms with Crippen LogP contribution in [0.5, 0.6) is 0 Å². The Kier molecular flexibility index (Phi) is 16.6. The highest BCUT2D eigenvalue weighted by Crippen LogP contribution is 2.18. The second-order valence-electron chi connectivity index (χ2n) is 9.74. The first kappa shape index (κ1) is 33.3. The zero-order valence-corrected chi connectivity index (χ0v) is 25.9. The summed E-state index contributed by atoms with van der Waals surface area (Å²) < 4.78 is 2.38. The van der Waals surface area contributed by atoms with Gasteiger partial charge in [0.15, 0.2) is 0 Å². The molecule has 0 atom stereocenters. The molecule has 0 amide bonds. The smallest absolute Gasteiger partial charge is 0.104 e. The highest BCUT2D eigenvalue weighted by atomic mass is 79.9. The molecule has 0 aliphatic rings. The van der Waals surface area contributed by atoms with E-state index in [0.717, 1.165) is 13.1 Å². The van der Waals surface area contributed by atoms with Crippen molar-refractivity contribution in [3.63, 3.8) is 0 Å². The van der Waals surface area contributed by atoms with E-state index in [-0.39, 0.29) is 34.0 Å². The van der Waals surface area contributed by atoms with E-state index >= 15 is 0 Å². The van der Waals surface area contributed by atoms with Gasteiger partial charge < -0.3 is 42.9 Å². The minimum absolute atomic E-state index is 0. The van der Waals surface area contributed by atoms with Gasteiger partial charge in [0.2, 0.25) is 0 Å². The first-order valence-corrected chi connectivity index (χ1v) is 13.3. The number of nitrogens with zero attached hydrogens (tertiary/aromatic N) is 2. The Morgan fingerprint density at radius 1 is 0.412 bits per heavy atom. The summed E-state index contributed by atoms with van der Waals surface area (Å²) in [6, 6.07) is 18.9. The Bertz CT molecular complexity index is 679. The second kappa shape index (κ2) is 16.9. The maximum absolute atomic E-state index is 2.36. The van der Waals surface area contributed by atoms with E-state index in [1.807, 2.05) is 0 Å². The summed E-state index contributed by atoms with van der Waals surface area (Å²) >= 11 is 0. The van der Waals surface area contributed by atoms with E-state index in [9.17, 15) is 0 Å². The van der Waals surface area contributed by atoms with Crippen LogP contribution in [0.4, 0.5) is 0 Å². The number of unbranched alkanes of at least 4 members (excludes halogenated alkanes) is 1. The highest BCUT2D eigenvalue weighted by Gasteiger charge is 2.21. The Labute approximate surface area is 232 Å². The summed E-state index contributed by atoms with van der Waals surface area (Å²) in [4.78, 5) is 0. The number of benzene rings is 2. The number of rotatable bonds is 15. The van der Waals surface area contributed by atoms with Gasteiger partial charge in [0.05, 0.1) is 39.3 Å². The second-order valence-corrected chi connectivity index (χ2v) is 9.74. The lowest BCUT2D eigenvalue weighted by atomic mass is 10.0. The lowest BCUT2D eigenvalue weighted by Crippen LogP contribution is -3.00. The number of hydrogen-bond acceptors (Lipinski definition) is 0. The van der Waals surface area contributed by atoms with Crippen LogP contribution in [0.2, 0.25) is 0 Å². The molecule has 0 saturated carbocycles. The molecule has 0 radical (unpaired) electrons. The summed E-state index contributed by atoms with van der Waals surface area (Å²) in [5, 5.41) is 0. The summed E-state index contributed by atoms with van der Waals surface area (Å²) in [6.07, 6.45) is 4.91.